The first-order chi connectivity index (χ1) is 8.77. The number of phenolic OH excluding ortho intramolecular Hbond substituents is 1. The second kappa shape index (κ2) is 6.42. The molecule has 0 saturated heterocycles. The van der Waals surface area contributed by atoms with E-state index in [2.05, 4.69) is 46.8 Å². The fourth-order valence-corrected chi connectivity index (χ4v) is 2.21. The average molecular weight is 264 g/mol. The van der Waals surface area contributed by atoms with Gasteiger partial charge in [0.05, 0.1) is 6.61 Å². The first-order valence-electron chi connectivity index (χ1n) is 7.21. The number of hydrogen-bond donors (Lipinski definition) is 1. The van der Waals surface area contributed by atoms with Crippen molar-refractivity contribution in [2.75, 3.05) is 13.2 Å². The van der Waals surface area contributed by atoms with E-state index < -0.39 is 0 Å². The molecule has 19 heavy (non-hydrogen) atoms. The molecular weight excluding hydrogens is 236 g/mol. The average Bonchev–Trinajstić information content (AvgIpc) is 2.29. The van der Waals surface area contributed by atoms with E-state index in [0.717, 1.165) is 30.8 Å². The van der Waals surface area contributed by atoms with Crippen molar-refractivity contribution in [1.82, 2.24) is 0 Å². The fraction of sp³-hybridized carbons (Fsp3) is 0.647. The van der Waals surface area contributed by atoms with Gasteiger partial charge in [0.2, 0.25) is 0 Å². The second-order valence-electron chi connectivity index (χ2n) is 6.43. The first kappa shape index (κ1) is 16.0. The van der Waals surface area contributed by atoms with Crippen LogP contribution in [0.3, 0.4) is 0 Å². The molecule has 0 fully saturated rings. The SMILES string of the molecule is CCOCCc1cc(C(C)C)c(O)c(C(C)(C)C)c1. The third-order valence-electron chi connectivity index (χ3n) is 3.37. The maximum Gasteiger partial charge on any atom is 0.122 e. The topological polar surface area (TPSA) is 29.5 Å². The number of phenols is 1. The molecule has 0 aliphatic carbocycles. The zero-order valence-corrected chi connectivity index (χ0v) is 13.2. The maximum absolute atomic E-state index is 10.5. The van der Waals surface area contributed by atoms with Crippen molar-refractivity contribution in [2.24, 2.45) is 0 Å². The van der Waals surface area contributed by atoms with Crippen LogP contribution in [-0.2, 0) is 16.6 Å². The molecule has 0 atom stereocenters. The van der Waals surface area contributed by atoms with E-state index in [1.54, 1.807) is 0 Å². The van der Waals surface area contributed by atoms with Crippen LogP contribution < -0.4 is 0 Å². The van der Waals surface area contributed by atoms with Gasteiger partial charge in [0.1, 0.15) is 5.75 Å². The summed E-state index contributed by atoms with van der Waals surface area (Å²) < 4.78 is 5.43. The Labute approximate surface area is 117 Å². The van der Waals surface area contributed by atoms with Crippen LogP contribution in [0.15, 0.2) is 12.1 Å². The normalized spacial score (nSPS) is 12.2. The summed E-state index contributed by atoms with van der Waals surface area (Å²) in [4.78, 5) is 0. The molecule has 1 aromatic rings. The smallest absolute Gasteiger partial charge is 0.122 e. The van der Waals surface area contributed by atoms with Crippen molar-refractivity contribution in [1.29, 1.82) is 0 Å². The maximum atomic E-state index is 10.5. The highest BCUT2D eigenvalue weighted by Gasteiger charge is 2.22. The van der Waals surface area contributed by atoms with Crippen molar-refractivity contribution in [3.63, 3.8) is 0 Å². The molecule has 0 aromatic heterocycles. The molecule has 0 bridgehead atoms. The van der Waals surface area contributed by atoms with Crippen LogP contribution in [0.2, 0.25) is 0 Å². The molecule has 0 radical (unpaired) electrons. The monoisotopic (exact) mass is 264 g/mol. The first-order valence-corrected chi connectivity index (χ1v) is 7.21. The summed E-state index contributed by atoms with van der Waals surface area (Å²) in [6.45, 7) is 14.2. The highest BCUT2D eigenvalue weighted by molar-refractivity contribution is 5.48. The largest absolute Gasteiger partial charge is 0.507 e. The molecule has 0 aliphatic rings. The van der Waals surface area contributed by atoms with Gasteiger partial charge in [0, 0.05) is 6.61 Å². The number of aromatic hydroxyl groups is 1. The lowest BCUT2D eigenvalue weighted by atomic mass is 9.82. The summed E-state index contributed by atoms with van der Waals surface area (Å²) in [5, 5.41) is 10.5. The molecule has 2 heteroatoms. The van der Waals surface area contributed by atoms with Crippen LogP contribution in [0, 0.1) is 0 Å². The number of benzene rings is 1. The molecular formula is C17H28O2. The molecule has 0 unspecified atom stereocenters. The number of hydrogen-bond acceptors (Lipinski definition) is 2. The molecule has 0 amide bonds. The predicted molar refractivity (Wildman–Crippen MR) is 81.1 cm³/mol. The van der Waals surface area contributed by atoms with Gasteiger partial charge in [0.15, 0.2) is 0 Å². The zero-order valence-electron chi connectivity index (χ0n) is 13.2. The third kappa shape index (κ3) is 4.24. The third-order valence-corrected chi connectivity index (χ3v) is 3.37. The van der Waals surface area contributed by atoms with Crippen molar-refractivity contribution in [3.8, 4) is 5.75 Å². The number of rotatable bonds is 5. The molecule has 0 saturated carbocycles. The van der Waals surface area contributed by atoms with Gasteiger partial charge in [-0.2, -0.15) is 0 Å². The summed E-state index contributed by atoms with van der Waals surface area (Å²) in [6.07, 6.45) is 0.900. The van der Waals surface area contributed by atoms with Crippen LogP contribution >= 0.6 is 0 Å². The quantitative estimate of drug-likeness (QED) is 0.799. The summed E-state index contributed by atoms with van der Waals surface area (Å²) >= 11 is 0. The minimum Gasteiger partial charge on any atom is -0.507 e. The Balaban J connectivity index is 3.16. The summed E-state index contributed by atoms with van der Waals surface area (Å²) in [5.74, 6) is 0.788. The van der Waals surface area contributed by atoms with Gasteiger partial charge in [-0.25, -0.2) is 0 Å². The van der Waals surface area contributed by atoms with E-state index in [-0.39, 0.29) is 5.41 Å². The van der Waals surface area contributed by atoms with Gasteiger partial charge >= 0.3 is 0 Å². The predicted octanol–water partition coefficient (Wildman–Crippen LogP) is 4.39. The molecule has 1 N–H and O–H groups in total. The summed E-state index contributed by atoms with van der Waals surface area (Å²) in [5.41, 5.74) is 3.28. The van der Waals surface area contributed by atoms with Crippen molar-refractivity contribution < 1.29 is 9.84 Å². The van der Waals surface area contributed by atoms with Gasteiger partial charge in [0.25, 0.3) is 0 Å². The van der Waals surface area contributed by atoms with Gasteiger partial charge in [-0.1, -0.05) is 46.8 Å². The van der Waals surface area contributed by atoms with E-state index in [9.17, 15) is 5.11 Å². The number of ether oxygens (including phenoxy) is 1. The van der Waals surface area contributed by atoms with Gasteiger partial charge in [-0.15, -0.1) is 0 Å². The fourth-order valence-electron chi connectivity index (χ4n) is 2.21. The molecule has 0 aliphatic heterocycles. The summed E-state index contributed by atoms with van der Waals surface area (Å²) in [7, 11) is 0. The van der Waals surface area contributed by atoms with Crippen LogP contribution in [-0.4, -0.2) is 18.3 Å². The summed E-state index contributed by atoms with van der Waals surface area (Å²) in [6, 6.07) is 4.24. The van der Waals surface area contributed by atoms with E-state index in [4.69, 9.17) is 4.74 Å². The van der Waals surface area contributed by atoms with Crippen molar-refractivity contribution in [3.05, 3.63) is 28.8 Å². The van der Waals surface area contributed by atoms with Crippen LogP contribution in [0.4, 0.5) is 0 Å². The van der Waals surface area contributed by atoms with E-state index in [1.165, 1.54) is 5.56 Å². The Bertz CT molecular complexity index is 414. The Hall–Kier alpha value is -1.02. The second-order valence-corrected chi connectivity index (χ2v) is 6.43. The van der Waals surface area contributed by atoms with Crippen molar-refractivity contribution in [2.45, 2.75) is 59.3 Å². The molecule has 108 valence electrons. The van der Waals surface area contributed by atoms with Crippen molar-refractivity contribution >= 4 is 0 Å². The van der Waals surface area contributed by atoms with Gasteiger partial charge in [-0.05, 0) is 41.4 Å². The van der Waals surface area contributed by atoms with E-state index in [1.807, 2.05) is 6.92 Å². The molecule has 1 rings (SSSR count). The molecule has 2 nitrogen and oxygen atoms in total. The van der Waals surface area contributed by atoms with Gasteiger partial charge in [-0.3, -0.25) is 0 Å². The van der Waals surface area contributed by atoms with Crippen LogP contribution in [0.25, 0.3) is 0 Å². The Morgan fingerprint density at radius 1 is 1.21 bits per heavy atom. The Kier molecular flexibility index (Phi) is 5.42. The Morgan fingerprint density at radius 3 is 2.32 bits per heavy atom. The van der Waals surface area contributed by atoms with E-state index >= 15 is 0 Å². The Morgan fingerprint density at radius 2 is 1.84 bits per heavy atom. The van der Waals surface area contributed by atoms with E-state index in [0.29, 0.717) is 11.7 Å². The van der Waals surface area contributed by atoms with Crippen LogP contribution in [0.1, 0.15) is 64.2 Å². The van der Waals surface area contributed by atoms with Gasteiger partial charge < -0.3 is 9.84 Å². The zero-order chi connectivity index (χ0) is 14.6. The molecule has 1 aromatic carbocycles. The molecule has 0 heterocycles. The minimum absolute atomic E-state index is 0.0463. The lowest BCUT2D eigenvalue weighted by Gasteiger charge is -2.24. The molecule has 0 spiro atoms. The minimum atomic E-state index is -0.0463. The standard InChI is InChI=1S/C17H28O2/c1-7-19-9-8-13-10-14(12(2)3)16(18)15(11-13)17(4,5)6/h10-12,18H,7-9H2,1-6H3. The highest BCUT2D eigenvalue weighted by atomic mass is 16.5. The lowest BCUT2D eigenvalue weighted by molar-refractivity contribution is 0.151. The lowest BCUT2D eigenvalue weighted by Crippen LogP contribution is -2.13. The van der Waals surface area contributed by atoms with Crippen LogP contribution in [0.5, 0.6) is 5.75 Å². The highest BCUT2D eigenvalue weighted by Crippen LogP contribution is 2.37.